The molecule has 1 aromatic heterocycles. The lowest BCUT2D eigenvalue weighted by molar-refractivity contribution is -0.129. The van der Waals surface area contributed by atoms with Crippen LogP contribution in [0, 0.1) is 13.8 Å². The molecule has 0 aliphatic heterocycles. The lowest BCUT2D eigenvalue weighted by atomic mass is 10.1. The third kappa shape index (κ3) is 4.89. The van der Waals surface area contributed by atoms with Crippen molar-refractivity contribution in [2.45, 2.75) is 37.5 Å². The number of benzene rings is 1. The SMILES string of the molecule is COc1c(C)cnc(CN(C)C(=O)C(C)Sc2ccc(Cl)cc2)c1C. The summed E-state index contributed by atoms with van der Waals surface area (Å²) in [6, 6.07) is 7.51. The number of carbonyl (C=O) groups is 1. The molecule has 0 spiro atoms. The van der Waals surface area contributed by atoms with Crippen LogP contribution in [-0.2, 0) is 11.3 Å². The normalized spacial score (nSPS) is 11.9. The monoisotopic (exact) mass is 378 g/mol. The number of pyridine rings is 1. The van der Waals surface area contributed by atoms with Crippen LogP contribution < -0.4 is 4.74 Å². The molecule has 0 aliphatic rings. The predicted molar refractivity (Wildman–Crippen MR) is 104 cm³/mol. The van der Waals surface area contributed by atoms with E-state index in [1.807, 2.05) is 45.0 Å². The number of amides is 1. The molecule has 0 radical (unpaired) electrons. The molecule has 25 heavy (non-hydrogen) atoms. The Kier molecular flexibility index (Phi) is 6.73. The Bertz CT molecular complexity index is 750. The molecule has 0 N–H and O–H groups in total. The Morgan fingerprint density at radius 3 is 2.56 bits per heavy atom. The first-order chi connectivity index (χ1) is 11.8. The number of aryl methyl sites for hydroxylation is 1. The van der Waals surface area contributed by atoms with Gasteiger partial charge in [-0.3, -0.25) is 9.78 Å². The molecule has 134 valence electrons. The van der Waals surface area contributed by atoms with Crippen molar-refractivity contribution < 1.29 is 9.53 Å². The van der Waals surface area contributed by atoms with Crippen molar-refractivity contribution in [3.63, 3.8) is 0 Å². The molecule has 2 aromatic rings. The summed E-state index contributed by atoms with van der Waals surface area (Å²) in [6.45, 7) is 6.29. The zero-order chi connectivity index (χ0) is 18.6. The van der Waals surface area contributed by atoms with Crippen LogP contribution in [0.5, 0.6) is 5.75 Å². The van der Waals surface area contributed by atoms with Gasteiger partial charge in [0.2, 0.25) is 5.91 Å². The van der Waals surface area contributed by atoms with E-state index in [2.05, 4.69) is 4.98 Å². The number of halogens is 1. The standard InChI is InChI=1S/C19H23ClN2O2S/c1-12-10-21-17(13(2)18(12)24-5)11-22(4)19(23)14(3)25-16-8-6-15(20)7-9-16/h6-10,14H,11H2,1-5H3. The van der Waals surface area contributed by atoms with Crippen LogP contribution in [0.2, 0.25) is 5.02 Å². The van der Waals surface area contributed by atoms with E-state index in [9.17, 15) is 4.79 Å². The zero-order valence-electron chi connectivity index (χ0n) is 15.2. The van der Waals surface area contributed by atoms with Gasteiger partial charge in [0.05, 0.1) is 24.6 Å². The molecular weight excluding hydrogens is 356 g/mol. The first-order valence-electron chi connectivity index (χ1n) is 7.99. The molecule has 6 heteroatoms. The molecule has 1 aromatic carbocycles. The number of ether oxygens (including phenoxy) is 1. The fraction of sp³-hybridized carbons (Fsp3) is 0.368. The quantitative estimate of drug-likeness (QED) is 0.694. The maximum Gasteiger partial charge on any atom is 0.235 e. The molecule has 0 aliphatic carbocycles. The van der Waals surface area contributed by atoms with Crippen molar-refractivity contribution in [3.8, 4) is 5.75 Å². The Hall–Kier alpha value is -1.72. The van der Waals surface area contributed by atoms with E-state index in [0.717, 1.165) is 27.5 Å². The average Bonchev–Trinajstić information content (AvgIpc) is 2.59. The van der Waals surface area contributed by atoms with Gasteiger partial charge in [0.1, 0.15) is 5.75 Å². The van der Waals surface area contributed by atoms with E-state index in [1.54, 1.807) is 25.3 Å². The largest absolute Gasteiger partial charge is 0.496 e. The molecule has 0 saturated heterocycles. The van der Waals surface area contributed by atoms with E-state index >= 15 is 0 Å². The number of aromatic nitrogens is 1. The topological polar surface area (TPSA) is 42.4 Å². The molecule has 1 atom stereocenters. The van der Waals surface area contributed by atoms with Gasteiger partial charge in [0, 0.05) is 34.3 Å². The first-order valence-corrected chi connectivity index (χ1v) is 9.25. The van der Waals surface area contributed by atoms with Gasteiger partial charge in [-0.15, -0.1) is 11.8 Å². The zero-order valence-corrected chi connectivity index (χ0v) is 16.7. The van der Waals surface area contributed by atoms with Gasteiger partial charge in [0.25, 0.3) is 0 Å². The maximum absolute atomic E-state index is 12.7. The highest BCUT2D eigenvalue weighted by atomic mass is 35.5. The van der Waals surface area contributed by atoms with Gasteiger partial charge in [-0.05, 0) is 45.0 Å². The fourth-order valence-electron chi connectivity index (χ4n) is 2.61. The summed E-state index contributed by atoms with van der Waals surface area (Å²) in [5, 5.41) is 0.495. The minimum Gasteiger partial charge on any atom is -0.496 e. The van der Waals surface area contributed by atoms with Crippen LogP contribution >= 0.6 is 23.4 Å². The molecule has 0 bridgehead atoms. The average molecular weight is 379 g/mol. The summed E-state index contributed by atoms with van der Waals surface area (Å²) in [4.78, 5) is 19.9. The number of nitrogens with zero attached hydrogens (tertiary/aromatic N) is 2. The van der Waals surface area contributed by atoms with E-state index < -0.39 is 0 Å². The third-order valence-electron chi connectivity index (χ3n) is 3.99. The molecule has 4 nitrogen and oxygen atoms in total. The summed E-state index contributed by atoms with van der Waals surface area (Å²) in [5.41, 5.74) is 2.81. The molecule has 0 saturated carbocycles. The number of thioether (sulfide) groups is 1. The van der Waals surface area contributed by atoms with Crippen LogP contribution in [0.15, 0.2) is 35.4 Å². The van der Waals surface area contributed by atoms with Gasteiger partial charge in [-0.1, -0.05) is 11.6 Å². The summed E-state index contributed by atoms with van der Waals surface area (Å²) >= 11 is 7.42. The van der Waals surface area contributed by atoms with Crippen LogP contribution in [0.25, 0.3) is 0 Å². The second-order valence-corrected chi connectivity index (χ2v) is 7.81. The minimum absolute atomic E-state index is 0.0562. The van der Waals surface area contributed by atoms with E-state index in [0.29, 0.717) is 11.6 Å². The van der Waals surface area contributed by atoms with Crippen LogP contribution in [0.3, 0.4) is 0 Å². The lowest BCUT2D eigenvalue weighted by Crippen LogP contribution is -2.33. The smallest absolute Gasteiger partial charge is 0.235 e. The van der Waals surface area contributed by atoms with E-state index in [-0.39, 0.29) is 11.2 Å². The highest BCUT2D eigenvalue weighted by Gasteiger charge is 2.20. The summed E-state index contributed by atoms with van der Waals surface area (Å²) in [5.74, 6) is 0.884. The second-order valence-electron chi connectivity index (χ2n) is 5.95. The van der Waals surface area contributed by atoms with Crippen molar-refractivity contribution in [3.05, 3.63) is 52.3 Å². The number of rotatable bonds is 6. The van der Waals surface area contributed by atoms with Crippen molar-refractivity contribution >= 4 is 29.3 Å². The van der Waals surface area contributed by atoms with Gasteiger partial charge >= 0.3 is 0 Å². The Morgan fingerprint density at radius 1 is 1.32 bits per heavy atom. The van der Waals surface area contributed by atoms with E-state index in [1.165, 1.54) is 11.8 Å². The summed E-state index contributed by atoms with van der Waals surface area (Å²) in [6.07, 6.45) is 1.78. The van der Waals surface area contributed by atoms with Gasteiger partial charge in [-0.2, -0.15) is 0 Å². The fourth-order valence-corrected chi connectivity index (χ4v) is 3.72. The number of carbonyl (C=O) groups excluding carboxylic acids is 1. The van der Waals surface area contributed by atoms with Gasteiger partial charge in [0.15, 0.2) is 0 Å². The molecule has 2 rings (SSSR count). The van der Waals surface area contributed by atoms with Gasteiger partial charge in [-0.25, -0.2) is 0 Å². The Labute approximate surface area is 158 Å². The molecule has 1 heterocycles. The number of methoxy groups -OCH3 is 1. The van der Waals surface area contributed by atoms with Crippen molar-refractivity contribution in [1.29, 1.82) is 0 Å². The highest BCUT2D eigenvalue weighted by Crippen LogP contribution is 2.27. The number of hydrogen-bond acceptors (Lipinski definition) is 4. The second kappa shape index (κ2) is 8.59. The highest BCUT2D eigenvalue weighted by molar-refractivity contribution is 8.00. The molecule has 0 fully saturated rings. The van der Waals surface area contributed by atoms with Crippen LogP contribution in [0.4, 0.5) is 0 Å². The number of hydrogen-bond donors (Lipinski definition) is 0. The molecule has 1 unspecified atom stereocenters. The molecular formula is C19H23ClN2O2S. The van der Waals surface area contributed by atoms with Crippen LogP contribution in [0.1, 0.15) is 23.7 Å². The summed E-state index contributed by atoms with van der Waals surface area (Å²) in [7, 11) is 3.45. The first kappa shape index (κ1) is 19.6. The van der Waals surface area contributed by atoms with Crippen LogP contribution in [-0.4, -0.2) is 35.2 Å². The Balaban J connectivity index is 2.06. The van der Waals surface area contributed by atoms with E-state index in [4.69, 9.17) is 16.3 Å². The van der Waals surface area contributed by atoms with Crippen molar-refractivity contribution in [2.24, 2.45) is 0 Å². The summed E-state index contributed by atoms with van der Waals surface area (Å²) < 4.78 is 5.44. The predicted octanol–water partition coefficient (Wildman–Crippen LogP) is 4.50. The Morgan fingerprint density at radius 2 is 1.96 bits per heavy atom. The maximum atomic E-state index is 12.7. The van der Waals surface area contributed by atoms with Gasteiger partial charge < -0.3 is 9.64 Å². The minimum atomic E-state index is -0.196. The third-order valence-corrected chi connectivity index (χ3v) is 5.34. The molecule has 1 amide bonds. The van der Waals surface area contributed by atoms with Crippen molar-refractivity contribution in [2.75, 3.05) is 14.2 Å². The van der Waals surface area contributed by atoms with Crippen molar-refractivity contribution in [1.82, 2.24) is 9.88 Å². The lowest BCUT2D eigenvalue weighted by Gasteiger charge is -2.22.